The topological polar surface area (TPSA) is 47.6 Å². The van der Waals surface area contributed by atoms with Crippen LogP contribution in [0.5, 0.6) is 5.75 Å². The molecule has 1 heterocycles. The zero-order chi connectivity index (χ0) is 16.1. The van der Waals surface area contributed by atoms with Crippen LogP contribution < -0.4 is 10.1 Å². The molecular formula is C18H18FNO3. The smallest absolute Gasteiger partial charge is 0.255 e. The normalized spacial score (nSPS) is 17.0. The van der Waals surface area contributed by atoms with Crippen molar-refractivity contribution in [2.24, 2.45) is 0 Å². The molecule has 0 saturated carbocycles. The van der Waals surface area contributed by atoms with E-state index in [0.29, 0.717) is 17.9 Å². The largest absolute Gasteiger partial charge is 0.491 e. The number of para-hydroxylation sites is 1. The summed E-state index contributed by atoms with van der Waals surface area (Å²) >= 11 is 0. The molecular weight excluding hydrogens is 297 g/mol. The Kier molecular flexibility index (Phi) is 4.88. The number of carbonyl (C=O) groups excluding carboxylic acids is 1. The van der Waals surface area contributed by atoms with Gasteiger partial charge in [-0.15, -0.1) is 0 Å². The van der Waals surface area contributed by atoms with E-state index in [1.165, 1.54) is 12.1 Å². The minimum absolute atomic E-state index is 0.117. The van der Waals surface area contributed by atoms with Crippen LogP contribution in [-0.2, 0) is 4.74 Å². The highest BCUT2D eigenvalue weighted by molar-refractivity contribution is 6.04. The van der Waals surface area contributed by atoms with Crippen LogP contribution in [0.1, 0.15) is 23.2 Å². The summed E-state index contributed by atoms with van der Waals surface area (Å²) in [5.41, 5.74) is 0.571. The number of hydrogen-bond acceptors (Lipinski definition) is 3. The van der Waals surface area contributed by atoms with Crippen molar-refractivity contribution in [1.82, 2.24) is 0 Å². The maximum atomic E-state index is 13.6. The lowest BCUT2D eigenvalue weighted by molar-refractivity contribution is 0.0679. The van der Waals surface area contributed by atoms with Crippen LogP contribution in [0.2, 0.25) is 0 Å². The SMILES string of the molecule is O=C(Nc1ccccc1F)c1cccc(OCC2CCCO2)c1. The van der Waals surface area contributed by atoms with Crippen molar-refractivity contribution in [3.05, 3.63) is 59.9 Å². The number of carbonyl (C=O) groups is 1. The lowest BCUT2D eigenvalue weighted by Gasteiger charge is -2.12. The highest BCUT2D eigenvalue weighted by Crippen LogP contribution is 2.19. The second-order valence-corrected chi connectivity index (χ2v) is 5.41. The van der Waals surface area contributed by atoms with Gasteiger partial charge in [0.2, 0.25) is 0 Å². The van der Waals surface area contributed by atoms with Crippen molar-refractivity contribution in [2.75, 3.05) is 18.5 Å². The molecule has 1 aliphatic heterocycles. The molecule has 1 amide bonds. The number of benzene rings is 2. The van der Waals surface area contributed by atoms with E-state index in [1.54, 1.807) is 36.4 Å². The highest BCUT2D eigenvalue weighted by atomic mass is 19.1. The number of ether oxygens (including phenoxy) is 2. The van der Waals surface area contributed by atoms with E-state index in [1.807, 2.05) is 0 Å². The van der Waals surface area contributed by atoms with Crippen LogP contribution in [-0.4, -0.2) is 25.2 Å². The van der Waals surface area contributed by atoms with Gasteiger partial charge < -0.3 is 14.8 Å². The van der Waals surface area contributed by atoms with Gasteiger partial charge in [-0.2, -0.15) is 0 Å². The third-order valence-corrected chi connectivity index (χ3v) is 3.68. The lowest BCUT2D eigenvalue weighted by atomic mass is 10.2. The van der Waals surface area contributed by atoms with E-state index in [4.69, 9.17) is 9.47 Å². The van der Waals surface area contributed by atoms with Crippen molar-refractivity contribution in [3.63, 3.8) is 0 Å². The van der Waals surface area contributed by atoms with Crippen LogP contribution >= 0.6 is 0 Å². The predicted molar refractivity (Wildman–Crippen MR) is 85.3 cm³/mol. The Morgan fingerprint density at radius 1 is 1.26 bits per heavy atom. The molecule has 1 fully saturated rings. The summed E-state index contributed by atoms with van der Waals surface area (Å²) in [6, 6.07) is 12.9. The Balaban J connectivity index is 1.64. The van der Waals surface area contributed by atoms with Gasteiger partial charge in [-0.25, -0.2) is 4.39 Å². The van der Waals surface area contributed by atoms with Gasteiger partial charge in [0.25, 0.3) is 5.91 Å². The second-order valence-electron chi connectivity index (χ2n) is 5.41. The molecule has 1 atom stereocenters. The van der Waals surface area contributed by atoms with Gasteiger partial charge in [-0.3, -0.25) is 4.79 Å². The Labute approximate surface area is 134 Å². The first-order valence-electron chi connectivity index (χ1n) is 7.63. The predicted octanol–water partition coefficient (Wildman–Crippen LogP) is 3.64. The van der Waals surface area contributed by atoms with Crippen LogP contribution in [0.3, 0.4) is 0 Å². The molecule has 2 aromatic carbocycles. The van der Waals surface area contributed by atoms with Crippen LogP contribution in [0, 0.1) is 5.82 Å². The Morgan fingerprint density at radius 2 is 2.13 bits per heavy atom. The highest BCUT2D eigenvalue weighted by Gasteiger charge is 2.16. The summed E-state index contributed by atoms with van der Waals surface area (Å²) in [6.45, 7) is 1.25. The molecule has 1 N–H and O–H groups in total. The monoisotopic (exact) mass is 315 g/mol. The standard InChI is InChI=1S/C18H18FNO3/c19-16-8-1-2-9-17(16)20-18(21)13-5-3-6-14(11-13)23-12-15-7-4-10-22-15/h1-3,5-6,8-9,11,15H,4,7,10,12H2,(H,20,21). The summed E-state index contributed by atoms with van der Waals surface area (Å²) in [7, 11) is 0. The zero-order valence-electron chi connectivity index (χ0n) is 12.6. The molecule has 0 spiro atoms. The minimum Gasteiger partial charge on any atom is -0.491 e. The van der Waals surface area contributed by atoms with E-state index in [0.717, 1.165) is 19.4 Å². The van der Waals surface area contributed by atoms with Crippen molar-refractivity contribution in [3.8, 4) is 5.75 Å². The summed E-state index contributed by atoms with van der Waals surface area (Å²) in [6.07, 6.45) is 2.16. The van der Waals surface area contributed by atoms with Gasteiger partial charge in [0.1, 0.15) is 18.2 Å². The summed E-state index contributed by atoms with van der Waals surface area (Å²) in [5.74, 6) is -0.244. The first kappa shape index (κ1) is 15.5. The first-order valence-corrected chi connectivity index (χ1v) is 7.63. The molecule has 1 saturated heterocycles. The van der Waals surface area contributed by atoms with Crippen molar-refractivity contribution in [2.45, 2.75) is 18.9 Å². The fourth-order valence-corrected chi connectivity index (χ4v) is 2.45. The quantitative estimate of drug-likeness (QED) is 0.916. The van der Waals surface area contributed by atoms with Crippen molar-refractivity contribution < 1.29 is 18.7 Å². The third-order valence-electron chi connectivity index (χ3n) is 3.68. The third kappa shape index (κ3) is 4.07. The van der Waals surface area contributed by atoms with E-state index in [9.17, 15) is 9.18 Å². The average molecular weight is 315 g/mol. The molecule has 23 heavy (non-hydrogen) atoms. The summed E-state index contributed by atoms with van der Waals surface area (Å²) in [5, 5.41) is 2.56. The number of anilines is 1. The molecule has 120 valence electrons. The Morgan fingerprint density at radius 3 is 2.91 bits per heavy atom. The van der Waals surface area contributed by atoms with Crippen molar-refractivity contribution >= 4 is 11.6 Å². The molecule has 2 aromatic rings. The van der Waals surface area contributed by atoms with Crippen LogP contribution in [0.25, 0.3) is 0 Å². The Bertz CT molecular complexity index is 683. The maximum Gasteiger partial charge on any atom is 0.255 e. The zero-order valence-corrected chi connectivity index (χ0v) is 12.6. The summed E-state index contributed by atoms with van der Waals surface area (Å²) in [4.78, 5) is 12.2. The van der Waals surface area contributed by atoms with Crippen molar-refractivity contribution in [1.29, 1.82) is 0 Å². The van der Waals surface area contributed by atoms with Gasteiger partial charge >= 0.3 is 0 Å². The molecule has 0 radical (unpaired) electrons. The van der Waals surface area contributed by atoms with Crippen LogP contribution in [0.15, 0.2) is 48.5 Å². The number of amides is 1. The van der Waals surface area contributed by atoms with Gasteiger partial charge in [0.05, 0.1) is 11.8 Å². The molecule has 1 unspecified atom stereocenters. The molecule has 5 heteroatoms. The van der Waals surface area contributed by atoms with E-state index < -0.39 is 5.82 Å². The van der Waals surface area contributed by atoms with Gasteiger partial charge in [0.15, 0.2) is 0 Å². The number of rotatable bonds is 5. The Hall–Kier alpha value is -2.40. The van der Waals surface area contributed by atoms with Gasteiger partial charge in [0, 0.05) is 12.2 Å². The number of halogens is 1. The molecule has 0 bridgehead atoms. The van der Waals surface area contributed by atoms with Crippen LogP contribution in [0.4, 0.5) is 10.1 Å². The first-order chi connectivity index (χ1) is 11.2. The van der Waals surface area contributed by atoms with Gasteiger partial charge in [-0.1, -0.05) is 18.2 Å². The fraction of sp³-hybridized carbons (Fsp3) is 0.278. The lowest BCUT2D eigenvalue weighted by Crippen LogP contribution is -2.17. The summed E-state index contributed by atoms with van der Waals surface area (Å²) < 4.78 is 24.8. The maximum absolute atomic E-state index is 13.6. The number of nitrogens with one attached hydrogen (secondary N) is 1. The second kappa shape index (κ2) is 7.24. The minimum atomic E-state index is -0.466. The molecule has 4 nitrogen and oxygen atoms in total. The van der Waals surface area contributed by atoms with E-state index in [2.05, 4.69) is 5.32 Å². The average Bonchev–Trinajstić information content (AvgIpc) is 3.09. The van der Waals surface area contributed by atoms with E-state index in [-0.39, 0.29) is 17.7 Å². The molecule has 0 aliphatic carbocycles. The fourth-order valence-electron chi connectivity index (χ4n) is 2.45. The molecule has 0 aromatic heterocycles. The van der Waals surface area contributed by atoms with Gasteiger partial charge in [-0.05, 0) is 43.2 Å². The molecule has 1 aliphatic rings. The number of hydrogen-bond donors (Lipinski definition) is 1. The molecule has 3 rings (SSSR count). The van der Waals surface area contributed by atoms with E-state index >= 15 is 0 Å².